The van der Waals surface area contributed by atoms with Gasteiger partial charge in [-0.2, -0.15) is 0 Å². The maximum absolute atomic E-state index is 6.27. The number of rotatable bonds is 6. The molecule has 0 bridgehead atoms. The van der Waals surface area contributed by atoms with E-state index in [9.17, 15) is 0 Å². The van der Waals surface area contributed by atoms with Crippen molar-refractivity contribution >= 4 is 11.6 Å². The fraction of sp³-hybridized carbons (Fsp3) is 0.333. The van der Waals surface area contributed by atoms with Crippen molar-refractivity contribution in [2.45, 2.75) is 26.2 Å². The second-order valence-corrected chi connectivity index (χ2v) is 5.65. The van der Waals surface area contributed by atoms with E-state index in [4.69, 9.17) is 22.1 Å². The van der Waals surface area contributed by atoms with E-state index in [1.807, 2.05) is 19.1 Å². The number of benzene rings is 2. The summed E-state index contributed by atoms with van der Waals surface area (Å²) in [5.41, 5.74) is 9.68. The van der Waals surface area contributed by atoms with Crippen molar-refractivity contribution in [3.63, 3.8) is 0 Å². The summed E-state index contributed by atoms with van der Waals surface area (Å²) >= 11 is 6.27. The standard InChI is InChI=1S/C18H22ClNO/c1-3-21-18-9-8-15(11-17(18)19)16(12-20)10-14-6-4-13(2)5-7-14/h4-9,11,16H,3,10,12,20H2,1-2H3. The fourth-order valence-corrected chi connectivity index (χ4v) is 2.63. The van der Waals surface area contributed by atoms with Gasteiger partial charge in [-0.15, -0.1) is 0 Å². The van der Waals surface area contributed by atoms with Gasteiger partial charge in [0.25, 0.3) is 0 Å². The molecule has 0 amide bonds. The Morgan fingerprint density at radius 2 is 1.86 bits per heavy atom. The smallest absolute Gasteiger partial charge is 0.137 e. The molecule has 0 aromatic heterocycles. The van der Waals surface area contributed by atoms with Crippen LogP contribution < -0.4 is 10.5 Å². The van der Waals surface area contributed by atoms with E-state index in [1.54, 1.807) is 0 Å². The van der Waals surface area contributed by atoms with Crippen molar-refractivity contribution in [3.05, 3.63) is 64.2 Å². The summed E-state index contributed by atoms with van der Waals surface area (Å²) in [6.07, 6.45) is 0.918. The van der Waals surface area contributed by atoms with E-state index in [2.05, 4.69) is 37.3 Å². The number of halogens is 1. The number of hydrogen-bond donors (Lipinski definition) is 1. The normalized spacial score (nSPS) is 12.2. The lowest BCUT2D eigenvalue weighted by Crippen LogP contribution is -2.15. The van der Waals surface area contributed by atoms with Gasteiger partial charge in [0.15, 0.2) is 0 Å². The largest absolute Gasteiger partial charge is 0.492 e. The first-order valence-electron chi connectivity index (χ1n) is 7.32. The summed E-state index contributed by atoms with van der Waals surface area (Å²) in [6.45, 7) is 5.25. The number of aryl methyl sites for hydroxylation is 1. The Balaban J connectivity index is 2.17. The molecule has 112 valence electrons. The van der Waals surface area contributed by atoms with Gasteiger partial charge < -0.3 is 10.5 Å². The van der Waals surface area contributed by atoms with Crippen LogP contribution in [0.2, 0.25) is 5.02 Å². The molecule has 1 atom stereocenters. The predicted octanol–water partition coefficient (Wildman–Crippen LogP) is 4.33. The van der Waals surface area contributed by atoms with Gasteiger partial charge in [-0.1, -0.05) is 47.5 Å². The molecule has 0 saturated heterocycles. The molecular formula is C18H22ClNO. The molecule has 0 saturated carbocycles. The Morgan fingerprint density at radius 1 is 1.14 bits per heavy atom. The minimum atomic E-state index is 0.265. The molecule has 2 aromatic carbocycles. The molecule has 3 heteroatoms. The van der Waals surface area contributed by atoms with E-state index in [-0.39, 0.29) is 5.92 Å². The van der Waals surface area contributed by atoms with Crippen LogP contribution in [0.5, 0.6) is 5.75 Å². The average Bonchev–Trinajstić information content (AvgIpc) is 2.49. The number of ether oxygens (including phenoxy) is 1. The molecule has 1 unspecified atom stereocenters. The van der Waals surface area contributed by atoms with Crippen molar-refractivity contribution in [2.75, 3.05) is 13.2 Å². The summed E-state index contributed by atoms with van der Waals surface area (Å²) in [5, 5.41) is 0.650. The van der Waals surface area contributed by atoms with Gasteiger partial charge in [-0.3, -0.25) is 0 Å². The van der Waals surface area contributed by atoms with Gasteiger partial charge in [-0.05, 0) is 50.1 Å². The third kappa shape index (κ3) is 4.23. The van der Waals surface area contributed by atoms with Crippen LogP contribution in [-0.4, -0.2) is 13.2 Å². The summed E-state index contributed by atoms with van der Waals surface area (Å²) in [5.74, 6) is 0.995. The number of nitrogens with two attached hydrogens (primary N) is 1. The highest BCUT2D eigenvalue weighted by Gasteiger charge is 2.13. The van der Waals surface area contributed by atoms with Crippen molar-refractivity contribution in [1.82, 2.24) is 0 Å². The van der Waals surface area contributed by atoms with E-state index in [1.165, 1.54) is 11.1 Å². The third-order valence-electron chi connectivity index (χ3n) is 3.61. The fourth-order valence-electron chi connectivity index (χ4n) is 2.39. The lowest BCUT2D eigenvalue weighted by Gasteiger charge is -2.17. The van der Waals surface area contributed by atoms with Crippen molar-refractivity contribution in [1.29, 1.82) is 0 Å². The van der Waals surface area contributed by atoms with Crippen molar-refractivity contribution < 1.29 is 4.74 Å². The summed E-state index contributed by atoms with van der Waals surface area (Å²) in [7, 11) is 0. The van der Waals surface area contributed by atoms with Crippen molar-refractivity contribution in [2.24, 2.45) is 5.73 Å². The van der Waals surface area contributed by atoms with Gasteiger partial charge in [0.1, 0.15) is 5.75 Å². The van der Waals surface area contributed by atoms with Gasteiger partial charge in [-0.25, -0.2) is 0 Å². The molecule has 0 spiro atoms. The monoisotopic (exact) mass is 303 g/mol. The van der Waals surface area contributed by atoms with Crippen LogP contribution in [0.4, 0.5) is 0 Å². The van der Waals surface area contributed by atoms with E-state index < -0.39 is 0 Å². The van der Waals surface area contributed by atoms with Crippen LogP contribution in [0, 0.1) is 6.92 Å². The maximum Gasteiger partial charge on any atom is 0.137 e. The van der Waals surface area contributed by atoms with Crippen LogP contribution in [-0.2, 0) is 6.42 Å². The molecule has 0 heterocycles. The Morgan fingerprint density at radius 3 is 2.43 bits per heavy atom. The summed E-state index contributed by atoms with van der Waals surface area (Å²) in [4.78, 5) is 0. The minimum Gasteiger partial charge on any atom is -0.492 e. The van der Waals surface area contributed by atoms with Crippen molar-refractivity contribution in [3.8, 4) is 5.75 Å². The molecule has 0 radical (unpaired) electrons. The first-order valence-corrected chi connectivity index (χ1v) is 7.69. The zero-order chi connectivity index (χ0) is 15.2. The second-order valence-electron chi connectivity index (χ2n) is 5.25. The van der Waals surface area contributed by atoms with Crippen LogP contribution in [0.3, 0.4) is 0 Å². The van der Waals surface area contributed by atoms with E-state index in [0.29, 0.717) is 18.2 Å². The highest BCUT2D eigenvalue weighted by Crippen LogP contribution is 2.30. The molecule has 0 fully saturated rings. The van der Waals surface area contributed by atoms with Crippen LogP contribution >= 0.6 is 11.6 Å². The SMILES string of the molecule is CCOc1ccc(C(CN)Cc2ccc(C)cc2)cc1Cl. The lowest BCUT2D eigenvalue weighted by atomic mass is 9.92. The van der Waals surface area contributed by atoms with Gasteiger partial charge in [0, 0.05) is 5.92 Å². The summed E-state index contributed by atoms with van der Waals surface area (Å²) in [6, 6.07) is 14.5. The Labute approximate surface area is 131 Å². The maximum atomic E-state index is 6.27. The Kier molecular flexibility index (Phi) is 5.66. The van der Waals surface area contributed by atoms with E-state index >= 15 is 0 Å². The molecule has 0 aliphatic carbocycles. The zero-order valence-electron chi connectivity index (χ0n) is 12.6. The Hall–Kier alpha value is -1.51. The third-order valence-corrected chi connectivity index (χ3v) is 3.91. The molecule has 0 aliphatic rings. The molecule has 2 nitrogen and oxygen atoms in total. The highest BCUT2D eigenvalue weighted by atomic mass is 35.5. The molecule has 2 N–H and O–H groups in total. The zero-order valence-corrected chi connectivity index (χ0v) is 13.4. The van der Waals surface area contributed by atoms with Crippen LogP contribution in [0.15, 0.2) is 42.5 Å². The topological polar surface area (TPSA) is 35.2 Å². The highest BCUT2D eigenvalue weighted by molar-refractivity contribution is 6.32. The second kappa shape index (κ2) is 7.48. The molecule has 21 heavy (non-hydrogen) atoms. The lowest BCUT2D eigenvalue weighted by molar-refractivity contribution is 0.340. The van der Waals surface area contributed by atoms with Gasteiger partial charge in [0.05, 0.1) is 11.6 Å². The Bertz CT molecular complexity index is 580. The van der Waals surface area contributed by atoms with E-state index in [0.717, 1.165) is 17.7 Å². The molecular weight excluding hydrogens is 282 g/mol. The van der Waals surface area contributed by atoms with Gasteiger partial charge in [0.2, 0.25) is 0 Å². The molecule has 0 aliphatic heterocycles. The predicted molar refractivity (Wildman–Crippen MR) is 89.3 cm³/mol. The van der Waals surface area contributed by atoms with Crippen LogP contribution in [0.1, 0.15) is 29.5 Å². The number of hydrogen-bond acceptors (Lipinski definition) is 2. The molecule has 2 rings (SSSR count). The summed E-state index contributed by atoms with van der Waals surface area (Å²) < 4.78 is 5.47. The first kappa shape index (κ1) is 15.9. The quantitative estimate of drug-likeness (QED) is 0.862. The van der Waals surface area contributed by atoms with Gasteiger partial charge >= 0.3 is 0 Å². The molecule has 2 aromatic rings. The first-order chi connectivity index (χ1) is 10.1. The minimum absolute atomic E-state index is 0.265. The average molecular weight is 304 g/mol. The van der Waals surface area contributed by atoms with Crippen LogP contribution in [0.25, 0.3) is 0 Å².